The number of piperazine rings is 1. The van der Waals surface area contributed by atoms with Crippen molar-refractivity contribution >= 4 is 36.6 Å². The van der Waals surface area contributed by atoms with Gasteiger partial charge in [0.2, 0.25) is 11.8 Å². The van der Waals surface area contributed by atoms with Gasteiger partial charge < -0.3 is 10.2 Å². The molecule has 3 rings (SSSR count). The molecule has 2 heterocycles. The minimum Gasteiger partial charge on any atom is -0.352 e. The Morgan fingerprint density at radius 2 is 1.68 bits per heavy atom. The lowest BCUT2D eigenvalue weighted by atomic mass is 9.87. The van der Waals surface area contributed by atoms with Crippen LogP contribution in [0.2, 0.25) is 0 Å². The molecule has 2 saturated heterocycles. The van der Waals surface area contributed by atoms with Gasteiger partial charge >= 0.3 is 0 Å². The normalized spacial score (nSPS) is 30.1. The van der Waals surface area contributed by atoms with Gasteiger partial charge in [-0.2, -0.15) is 0 Å². The Bertz CT molecular complexity index is 526. The maximum Gasteiger partial charge on any atom is 0.262 e. The molecule has 164 valence electrons. The number of amides is 2. The van der Waals surface area contributed by atoms with Crippen LogP contribution in [0.3, 0.4) is 0 Å². The Labute approximate surface area is 178 Å². The maximum absolute atomic E-state index is 13.3. The summed E-state index contributed by atoms with van der Waals surface area (Å²) in [5.74, 6) is -2.25. The summed E-state index contributed by atoms with van der Waals surface area (Å²) in [6.07, 6.45) is 4.01. The molecule has 1 unspecified atom stereocenters. The SMILES string of the molecule is CC1CCC(NC(=O)CN2CCN(C(=O)C3CC(F)(F)CN3)CC2)CC1.Cl.Cl. The minimum absolute atomic E-state index is 0. The molecule has 0 aromatic carbocycles. The van der Waals surface area contributed by atoms with E-state index in [2.05, 4.69) is 17.6 Å². The Morgan fingerprint density at radius 1 is 1.07 bits per heavy atom. The van der Waals surface area contributed by atoms with Crippen LogP contribution in [0.4, 0.5) is 8.78 Å². The number of alkyl halides is 2. The summed E-state index contributed by atoms with van der Waals surface area (Å²) in [5.41, 5.74) is 0. The van der Waals surface area contributed by atoms with Crippen LogP contribution in [0, 0.1) is 5.92 Å². The second-order valence-electron chi connectivity index (χ2n) is 8.12. The first-order chi connectivity index (χ1) is 12.3. The zero-order valence-corrected chi connectivity index (χ0v) is 17.9. The maximum atomic E-state index is 13.3. The standard InChI is InChI=1S/C18H30F2N4O2.2ClH/c1-13-2-4-14(5-3-13)22-16(25)11-23-6-8-24(9-7-23)17(26)15-10-18(19,20)12-21-15;;/h13-15,21H,2-12H2,1H3,(H,22,25);2*1H. The second-order valence-corrected chi connectivity index (χ2v) is 8.12. The van der Waals surface area contributed by atoms with Crippen molar-refractivity contribution in [2.75, 3.05) is 39.3 Å². The van der Waals surface area contributed by atoms with Crippen LogP contribution in [0.5, 0.6) is 0 Å². The van der Waals surface area contributed by atoms with Gasteiger partial charge in [0.15, 0.2) is 0 Å². The van der Waals surface area contributed by atoms with E-state index in [4.69, 9.17) is 0 Å². The molecule has 0 aromatic rings. The molecule has 2 N–H and O–H groups in total. The summed E-state index contributed by atoms with van der Waals surface area (Å²) in [6.45, 7) is 4.33. The van der Waals surface area contributed by atoms with E-state index in [1.807, 2.05) is 4.90 Å². The van der Waals surface area contributed by atoms with Crippen molar-refractivity contribution in [3.8, 4) is 0 Å². The van der Waals surface area contributed by atoms with Gasteiger partial charge in [-0.25, -0.2) is 8.78 Å². The Balaban J connectivity index is 0.00000196. The van der Waals surface area contributed by atoms with Crippen LogP contribution < -0.4 is 10.6 Å². The number of carbonyl (C=O) groups excluding carboxylic acids is 2. The lowest BCUT2D eigenvalue weighted by molar-refractivity contribution is -0.135. The summed E-state index contributed by atoms with van der Waals surface area (Å²) in [4.78, 5) is 28.2. The fourth-order valence-electron chi connectivity index (χ4n) is 4.12. The van der Waals surface area contributed by atoms with Gasteiger partial charge in [0.05, 0.1) is 19.1 Å². The number of hydrogen-bond donors (Lipinski definition) is 2. The third-order valence-corrected chi connectivity index (χ3v) is 5.84. The molecule has 2 aliphatic heterocycles. The van der Waals surface area contributed by atoms with E-state index in [1.165, 1.54) is 12.8 Å². The van der Waals surface area contributed by atoms with Crippen LogP contribution in [-0.2, 0) is 9.59 Å². The molecule has 1 aliphatic carbocycles. The van der Waals surface area contributed by atoms with E-state index in [0.29, 0.717) is 32.7 Å². The molecule has 1 saturated carbocycles. The van der Waals surface area contributed by atoms with Gasteiger partial charge in [-0.05, 0) is 31.6 Å². The molecule has 0 bridgehead atoms. The summed E-state index contributed by atoms with van der Waals surface area (Å²) >= 11 is 0. The summed E-state index contributed by atoms with van der Waals surface area (Å²) in [7, 11) is 0. The van der Waals surface area contributed by atoms with Gasteiger partial charge in [0.25, 0.3) is 5.92 Å². The highest BCUT2D eigenvalue weighted by Gasteiger charge is 2.43. The Kier molecular flexibility index (Phi) is 9.86. The van der Waals surface area contributed by atoms with E-state index in [-0.39, 0.29) is 42.7 Å². The third-order valence-electron chi connectivity index (χ3n) is 5.84. The molecule has 0 aromatic heterocycles. The van der Waals surface area contributed by atoms with Crippen molar-refractivity contribution in [2.45, 2.75) is 57.0 Å². The number of halogens is 4. The molecule has 6 nitrogen and oxygen atoms in total. The van der Waals surface area contributed by atoms with Crippen molar-refractivity contribution in [3.63, 3.8) is 0 Å². The highest BCUT2D eigenvalue weighted by molar-refractivity contribution is 5.85. The summed E-state index contributed by atoms with van der Waals surface area (Å²) in [6, 6.07) is -0.495. The molecule has 10 heteroatoms. The van der Waals surface area contributed by atoms with Crippen LogP contribution in [0.25, 0.3) is 0 Å². The fraction of sp³-hybridized carbons (Fsp3) is 0.889. The number of hydrogen-bond acceptors (Lipinski definition) is 4. The predicted molar refractivity (Wildman–Crippen MR) is 108 cm³/mol. The number of nitrogens with zero attached hydrogens (tertiary/aromatic N) is 2. The van der Waals surface area contributed by atoms with Crippen LogP contribution in [0.15, 0.2) is 0 Å². The van der Waals surface area contributed by atoms with Crippen LogP contribution in [0.1, 0.15) is 39.0 Å². The van der Waals surface area contributed by atoms with Crippen molar-refractivity contribution in [3.05, 3.63) is 0 Å². The van der Waals surface area contributed by atoms with Crippen molar-refractivity contribution < 1.29 is 18.4 Å². The van der Waals surface area contributed by atoms with E-state index in [0.717, 1.165) is 18.8 Å². The summed E-state index contributed by atoms with van der Waals surface area (Å²) < 4.78 is 26.5. The first kappa shape index (κ1) is 25.3. The molecule has 3 aliphatic rings. The second kappa shape index (κ2) is 10.9. The van der Waals surface area contributed by atoms with Crippen molar-refractivity contribution in [2.24, 2.45) is 5.92 Å². The largest absolute Gasteiger partial charge is 0.352 e. The first-order valence-electron chi connectivity index (χ1n) is 9.74. The Morgan fingerprint density at radius 3 is 2.21 bits per heavy atom. The van der Waals surface area contributed by atoms with Gasteiger partial charge in [-0.3, -0.25) is 19.8 Å². The molecule has 28 heavy (non-hydrogen) atoms. The highest BCUT2D eigenvalue weighted by atomic mass is 35.5. The van der Waals surface area contributed by atoms with Crippen molar-refractivity contribution in [1.29, 1.82) is 0 Å². The molecular formula is C18H32Cl2F2N4O2. The molecule has 3 fully saturated rings. The number of rotatable bonds is 4. The average molecular weight is 445 g/mol. The van der Waals surface area contributed by atoms with Gasteiger partial charge in [0, 0.05) is 38.6 Å². The van der Waals surface area contributed by atoms with Gasteiger partial charge in [0.1, 0.15) is 0 Å². The van der Waals surface area contributed by atoms with E-state index < -0.39 is 24.9 Å². The average Bonchev–Trinajstić information content (AvgIpc) is 2.97. The minimum atomic E-state index is -2.79. The summed E-state index contributed by atoms with van der Waals surface area (Å²) in [5, 5.41) is 5.74. The van der Waals surface area contributed by atoms with Crippen LogP contribution >= 0.6 is 24.8 Å². The first-order valence-corrected chi connectivity index (χ1v) is 9.74. The smallest absolute Gasteiger partial charge is 0.262 e. The number of carbonyl (C=O) groups is 2. The molecular weight excluding hydrogens is 413 g/mol. The van der Waals surface area contributed by atoms with E-state index in [9.17, 15) is 18.4 Å². The Hall–Kier alpha value is -0.700. The van der Waals surface area contributed by atoms with Gasteiger partial charge in [-0.15, -0.1) is 24.8 Å². The predicted octanol–water partition coefficient (Wildman–Crippen LogP) is 1.67. The fourth-order valence-corrected chi connectivity index (χ4v) is 4.12. The van der Waals surface area contributed by atoms with Crippen LogP contribution in [-0.4, -0.2) is 78.9 Å². The quantitative estimate of drug-likeness (QED) is 0.691. The topological polar surface area (TPSA) is 64.7 Å². The highest BCUT2D eigenvalue weighted by Crippen LogP contribution is 2.26. The lowest BCUT2D eigenvalue weighted by Crippen LogP contribution is -2.54. The van der Waals surface area contributed by atoms with E-state index in [1.54, 1.807) is 4.90 Å². The zero-order valence-electron chi connectivity index (χ0n) is 16.3. The van der Waals surface area contributed by atoms with Crippen molar-refractivity contribution in [1.82, 2.24) is 20.4 Å². The molecule has 1 atom stereocenters. The van der Waals surface area contributed by atoms with Gasteiger partial charge in [-0.1, -0.05) is 6.92 Å². The van der Waals surface area contributed by atoms with E-state index >= 15 is 0 Å². The molecule has 2 amide bonds. The lowest BCUT2D eigenvalue weighted by Gasteiger charge is -2.36. The zero-order chi connectivity index (χ0) is 18.7. The molecule has 0 spiro atoms. The molecule has 0 radical (unpaired) electrons. The number of nitrogens with one attached hydrogen (secondary N) is 2. The monoisotopic (exact) mass is 444 g/mol. The third kappa shape index (κ3) is 6.97.